The van der Waals surface area contributed by atoms with Gasteiger partial charge in [-0.3, -0.25) is 4.79 Å². The Kier molecular flexibility index (Phi) is 6.84. The van der Waals surface area contributed by atoms with E-state index < -0.39 is 17.7 Å². The minimum atomic E-state index is -4.42. The number of amides is 1. The van der Waals surface area contributed by atoms with Crippen LogP contribution in [0.15, 0.2) is 91.6 Å². The van der Waals surface area contributed by atoms with Crippen molar-refractivity contribution >= 4 is 22.8 Å². The third-order valence-electron chi connectivity index (χ3n) is 6.29. The Labute approximate surface area is 220 Å². The van der Waals surface area contributed by atoms with Crippen molar-refractivity contribution in [1.29, 1.82) is 0 Å². The van der Waals surface area contributed by atoms with E-state index in [9.17, 15) is 22.8 Å². The fourth-order valence-electron chi connectivity index (χ4n) is 4.31. The largest absolute Gasteiger partial charge is 0.478 e. The zero-order chi connectivity index (χ0) is 27.6. The summed E-state index contributed by atoms with van der Waals surface area (Å²) in [5, 5.41) is 12.7. The molecule has 0 unspecified atom stereocenters. The molecule has 2 N–H and O–H groups in total. The number of hydrogen-bond donors (Lipinski definition) is 2. The number of halogens is 3. The molecule has 2 heterocycles. The molecule has 0 radical (unpaired) electrons. The lowest BCUT2D eigenvalue weighted by atomic mass is 10.0. The molecule has 196 valence electrons. The average molecular weight is 531 g/mol. The second-order valence-electron chi connectivity index (χ2n) is 8.91. The summed E-state index contributed by atoms with van der Waals surface area (Å²) < 4.78 is 40.8. The normalized spacial score (nSPS) is 11.5. The van der Waals surface area contributed by atoms with Crippen molar-refractivity contribution in [2.45, 2.75) is 19.3 Å². The standard InChI is InChI=1S/C29H21F3N4O3/c30-29(31,32)24-7-3-19(4-8-24)16-36-10-9-21-11-22(23-14-33-17-34-15-23)12-25(26(21)36)27(37)35-13-18-1-5-20(6-2-18)28(38)39/h1-12,14-15,17H,13,16H2,(H,35,37)(H,38,39). The first-order chi connectivity index (χ1) is 18.7. The molecular formula is C29H21F3N4O3. The van der Waals surface area contributed by atoms with Gasteiger partial charge in [0.15, 0.2) is 0 Å². The summed E-state index contributed by atoms with van der Waals surface area (Å²) >= 11 is 0. The summed E-state index contributed by atoms with van der Waals surface area (Å²) in [5.41, 5.74) is 3.21. The highest BCUT2D eigenvalue weighted by molar-refractivity contribution is 6.07. The summed E-state index contributed by atoms with van der Waals surface area (Å²) in [7, 11) is 0. The van der Waals surface area contributed by atoms with Crippen LogP contribution in [-0.4, -0.2) is 31.5 Å². The number of nitrogens with one attached hydrogen (secondary N) is 1. The first-order valence-corrected chi connectivity index (χ1v) is 11.8. The van der Waals surface area contributed by atoms with Gasteiger partial charge in [-0.05, 0) is 59.2 Å². The molecule has 10 heteroatoms. The van der Waals surface area contributed by atoms with E-state index in [4.69, 9.17) is 5.11 Å². The molecule has 0 saturated carbocycles. The van der Waals surface area contributed by atoms with Crippen LogP contribution in [0.3, 0.4) is 0 Å². The molecule has 5 rings (SSSR count). The van der Waals surface area contributed by atoms with E-state index in [2.05, 4.69) is 15.3 Å². The summed E-state index contributed by atoms with van der Waals surface area (Å²) in [6, 6.07) is 16.6. The maximum atomic E-state index is 13.5. The van der Waals surface area contributed by atoms with Gasteiger partial charge in [-0.1, -0.05) is 24.3 Å². The molecule has 0 spiro atoms. The zero-order valence-electron chi connectivity index (χ0n) is 20.3. The van der Waals surface area contributed by atoms with Crippen molar-refractivity contribution in [3.05, 3.63) is 119 Å². The lowest BCUT2D eigenvalue weighted by Crippen LogP contribution is -2.23. The molecule has 3 aromatic carbocycles. The Morgan fingerprint density at radius 1 is 0.872 bits per heavy atom. The maximum Gasteiger partial charge on any atom is 0.416 e. The summed E-state index contributed by atoms with van der Waals surface area (Å²) in [6.45, 7) is 0.422. The molecule has 7 nitrogen and oxygen atoms in total. The molecule has 2 aromatic heterocycles. The van der Waals surface area contributed by atoms with E-state index in [-0.39, 0.29) is 24.6 Å². The van der Waals surface area contributed by atoms with Crippen molar-refractivity contribution in [2.75, 3.05) is 0 Å². The number of carbonyl (C=O) groups excluding carboxylic acids is 1. The predicted molar refractivity (Wildman–Crippen MR) is 138 cm³/mol. The Morgan fingerprint density at radius 2 is 1.54 bits per heavy atom. The highest BCUT2D eigenvalue weighted by atomic mass is 19.4. The van der Waals surface area contributed by atoms with Crippen LogP contribution in [0.5, 0.6) is 0 Å². The number of alkyl halides is 3. The van der Waals surface area contributed by atoms with Gasteiger partial charge >= 0.3 is 12.1 Å². The van der Waals surface area contributed by atoms with Gasteiger partial charge in [0.05, 0.1) is 22.2 Å². The van der Waals surface area contributed by atoms with Crippen molar-refractivity contribution in [3.63, 3.8) is 0 Å². The van der Waals surface area contributed by atoms with E-state index in [1.54, 1.807) is 36.8 Å². The van der Waals surface area contributed by atoms with E-state index in [1.165, 1.54) is 30.6 Å². The Hall–Kier alpha value is -4.99. The monoisotopic (exact) mass is 530 g/mol. The Morgan fingerprint density at radius 3 is 2.18 bits per heavy atom. The van der Waals surface area contributed by atoms with Gasteiger partial charge in [0.2, 0.25) is 0 Å². The maximum absolute atomic E-state index is 13.5. The predicted octanol–water partition coefficient (Wildman–Crippen LogP) is 5.79. The van der Waals surface area contributed by atoms with E-state index in [0.29, 0.717) is 22.2 Å². The molecule has 0 atom stereocenters. The highest BCUT2D eigenvalue weighted by Gasteiger charge is 2.30. The van der Waals surface area contributed by atoms with Crippen molar-refractivity contribution in [2.24, 2.45) is 0 Å². The summed E-state index contributed by atoms with van der Waals surface area (Å²) in [6.07, 6.45) is 2.05. The molecule has 0 aliphatic carbocycles. The molecule has 39 heavy (non-hydrogen) atoms. The quantitative estimate of drug-likeness (QED) is 0.278. The number of fused-ring (bicyclic) bond motifs is 1. The van der Waals surface area contributed by atoms with Crippen LogP contribution in [0, 0.1) is 0 Å². The van der Waals surface area contributed by atoms with E-state index in [0.717, 1.165) is 28.6 Å². The number of nitrogens with zero attached hydrogens (tertiary/aromatic N) is 3. The average Bonchev–Trinajstić information content (AvgIpc) is 3.34. The van der Waals surface area contributed by atoms with Crippen LogP contribution in [0.1, 0.15) is 37.4 Å². The van der Waals surface area contributed by atoms with Gasteiger partial charge in [-0.2, -0.15) is 13.2 Å². The third kappa shape index (κ3) is 5.64. The van der Waals surface area contributed by atoms with Crippen molar-refractivity contribution < 1.29 is 27.9 Å². The fraction of sp³-hybridized carbons (Fsp3) is 0.103. The number of rotatable bonds is 7. The lowest BCUT2D eigenvalue weighted by molar-refractivity contribution is -0.137. The molecule has 0 aliphatic rings. The third-order valence-corrected chi connectivity index (χ3v) is 6.29. The summed E-state index contributed by atoms with van der Waals surface area (Å²) in [4.78, 5) is 32.7. The molecule has 5 aromatic rings. The van der Waals surface area contributed by atoms with Crippen molar-refractivity contribution in [1.82, 2.24) is 19.9 Å². The molecule has 0 saturated heterocycles. The fourth-order valence-corrected chi connectivity index (χ4v) is 4.31. The molecular weight excluding hydrogens is 509 g/mol. The second kappa shape index (κ2) is 10.4. The van der Waals surface area contributed by atoms with E-state index in [1.807, 2.05) is 16.7 Å². The minimum absolute atomic E-state index is 0.144. The van der Waals surface area contributed by atoms with Gasteiger partial charge in [-0.25, -0.2) is 14.8 Å². The minimum Gasteiger partial charge on any atom is -0.478 e. The lowest BCUT2D eigenvalue weighted by Gasteiger charge is -2.14. The smallest absolute Gasteiger partial charge is 0.416 e. The number of aromatic carboxylic acids is 1. The zero-order valence-corrected chi connectivity index (χ0v) is 20.3. The molecule has 0 aliphatic heterocycles. The van der Waals surface area contributed by atoms with Gasteiger partial charge in [0.25, 0.3) is 5.91 Å². The van der Waals surface area contributed by atoms with Crippen LogP contribution in [-0.2, 0) is 19.3 Å². The van der Waals surface area contributed by atoms with Gasteiger partial charge < -0.3 is 15.0 Å². The van der Waals surface area contributed by atoms with Gasteiger partial charge in [0, 0.05) is 42.6 Å². The number of aromatic nitrogens is 3. The Balaban J connectivity index is 1.49. The topological polar surface area (TPSA) is 97.1 Å². The highest BCUT2D eigenvalue weighted by Crippen LogP contribution is 2.31. The first kappa shape index (κ1) is 25.7. The van der Waals surface area contributed by atoms with E-state index >= 15 is 0 Å². The molecule has 0 bridgehead atoms. The SMILES string of the molecule is O=C(O)c1ccc(CNC(=O)c2cc(-c3cncnc3)cc3ccn(Cc4ccc(C(F)(F)F)cc4)c23)cc1. The number of benzene rings is 3. The number of carboxylic acids is 1. The number of carboxylic acid groups (broad SMARTS) is 1. The Bertz CT molecular complexity index is 1650. The molecule has 1 amide bonds. The summed E-state index contributed by atoms with van der Waals surface area (Å²) in [5.74, 6) is -1.41. The van der Waals surface area contributed by atoms with Crippen LogP contribution in [0.2, 0.25) is 0 Å². The number of carbonyl (C=O) groups is 2. The van der Waals surface area contributed by atoms with Gasteiger partial charge in [0.1, 0.15) is 6.33 Å². The van der Waals surface area contributed by atoms with Crippen LogP contribution >= 0.6 is 0 Å². The molecule has 0 fully saturated rings. The van der Waals surface area contributed by atoms with Crippen molar-refractivity contribution in [3.8, 4) is 11.1 Å². The van der Waals surface area contributed by atoms with Crippen LogP contribution in [0.25, 0.3) is 22.0 Å². The first-order valence-electron chi connectivity index (χ1n) is 11.8. The second-order valence-corrected chi connectivity index (χ2v) is 8.91. The number of hydrogen-bond acceptors (Lipinski definition) is 4. The van der Waals surface area contributed by atoms with Crippen LogP contribution in [0.4, 0.5) is 13.2 Å². The van der Waals surface area contributed by atoms with Gasteiger partial charge in [-0.15, -0.1) is 0 Å². The van der Waals surface area contributed by atoms with Crippen LogP contribution < -0.4 is 5.32 Å².